The highest BCUT2D eigenvalue weighted by Gasteiger charge is 2.32. The molecule has 0 spiro atoms. The maximum atomic E-state index is 14.2. The highest BCUT2D eigenvalue weighted by molar-refractivity contribution is 9.10. The summed E-state index contributed by atoms with van der Waals surface area (Å²) in [7, 11) is 1.61. The summed E-state index contributed by atoms with van der Waals surface area (Å²) < 4.78 is 10.7. The van der Waals surface area contributed by atoms with Gasteiger partial charge in [0.1, 0.15) is 5.75 Å². The van der Waals surface area contributed by atoms with Gasteiger partial charge in [-0.15, -0.1) is 0 Å². The molecule has 9 heteroatoms. The number of nitrogens with one attached hydrogen (secondary N) is 1. The number of thiazole rings is 1. The van der Waals surface area contributed by atoms with E-state index in [0.29, 0.717) is 32.0 Å². The number of nitrogens with zero attached hydrogens (tertiary/aromatic N) is 3. The second kappa shape index (κ2) is 11.7. The molecule has 0 bridgehead atoms. The Morgan fingerprint density at radius 1 is 1.00 bits per heavy atom. The van der Waals surface area contributed by atoms with Crippen LogP contribution in [0.25, 0.3) is 11.8 Å². The Morgan fingerprint density at radius 3 is 2.37 bits per heavy atom. The summed E-state index contributed by atoms with van der Waals surface area (Å²) in [5.74, 6) is 0.383. The molecule has 0 unspecified atom stereocenters. The first kappa shape index (κ1) is 28.6. The van der Waals surface area contributed by atoms with E-state index in [-0.39, 0.29) is 11.5 Å². The predicted octanol–water partition coefficient (Wildman–Crippen LogP) is 6.05. The number of aromatic nitrogens is 2. The van der Waals surface area contributed by atoms with Gasteiger partial charge in [0, 0.05) is 27.2 Å². The molecule has 6 rings (SSSR count). The number of benzene rings is 3. The van der Waals surface area contributed by atoms with Gasteiger partial charge in [0.15, 0.2) is 4.80 Å². The van der Waals surface area contributed by atoms with Crippen molar-refractivity contribution in [1.82, 2.24) is 9.13 Å². The number of hydrogen-bond acceptors (Lipinski definition) is 5. The molecule has 1 amide bonds. The van der Waals surface area contributed by atoms with Crippen molar-refractivity contribution in [2.75, 3.05) is 12.4 Å². The zero-order chi connectivity index (χ0) is 30.2. The highest BCUT2D eigenvalue weighted by atomic mass is 79.9. The SMILES string of the molecule is COc1ccc([C@@H]2C(C(=O)Nc3ccccc3)=C(C)N=c3s/c(=C/c4cc(C)n(-c5ccc(Br)cc5)c4C)c(=O)n32)cc1. The van der Waals surface area contributed by atoms with Crippen molar-refractivity contribution < 1.29 is 9.53 Å². The smallest absolute Gasteiger partial charge is 0.271 e. The summed E-state index contributed by atoms with van der Waals surface area (Å²) in [5, 5.41) is 2.99. The first-order valence-corrected chi connectivity index (χ1v) is 15.3. The molecule has 216 valence electrons. The minimum atomic E-state index is -0.664. The monoisotopic (exact) mass is 652 g/mol. The normalized spacial score (nSPS) is 14.8. The number of amides is 1. The lowest BCUT2D eigenvalue weighted by Crippen LogP contribution is -2.40. The maximum absolute atomic E-state index is 14.2. The minimum Gasteiger partial charge on any atom is -0.497 e. The summed E-state index contributed by atoms with van der Waals surface area (Å²) in [6.45, 7) is 5.92. The molecule has 7 nitrogen and oxygen atoms in total. The number of aryl methyl sites for hydroxylation is 1. The van der Waals surface area contributed by atoms with Crippen molar-refractivity contribution in [3.05, 3.63) is 143 Å². The number of anilines is 1. The van der Waals surface area contributed by atoms with E-state index in [0.717, 1.165) is 32.7 Å². The van der Waals surface area contributed by atoms with Crippen LogP contribution >= 0.6 is 27.3 Å². The predicted molar refractivity (Wildman–Crippen MR) is 175 cm³/mol. The van der Waals surface area contributed by atoms with Gasteiger partial charge in [-0.05, 0) is 92.6 Å². The fourth-order valence-electron chi connectivity index (χ4n) is 5.50. The molecule has 1 aliphatic rings. The van der Waals surface area contributed by atoms with Crippen molar-refractivity contribution in [3.8, 4) is 11.4 Å². The number of rotatable bonds is 6. The number of halogens is 1. The Bertz CT molecular complexity index is 2060. The number of para-hydroxylation sites is 1. The molecule has 0 aliphatic carbocycles. The van der Waals surface area contributed by atoms with E-state index in [1.165, 1.54) is 11.3 Å². The van der Waals surface area contributed by atoms with Crippen molar-refractivity contribution >= 4 is 44.9 Å². The van der Waals surface area contributed by atoms with Gasteiger partial charge in [-0.3, -0.25) is 14.2 Å². The molecule has 0 saturated carbocycles. The van der Waals surface area contributed by atoms with Gasteiger partial charge in [-0.25, -0.2) is 4.99 Å². The third-order valence-corrected chi connectivity index (χ3v) is 9.08. The highest BCUT2D eigenvalue weighted by Crippen LogP contribution is 2.32. The Labute approximate surface area is 261 Å². The Balaban J connectivity index is 1.49. The Hall–Kier alpha value is -4.47. The third-order valence-electron chi connectivity index (χ3n) is 7.57. The average Bonchev–Trinajstić information content (AvgIpc) is 3.46. The van der Waals surface area contributed by atoms with Gasteiger partial charge in [-0.1, -0.05) is 57.6 Å². The summed E-state index contributed by atoms with van der Waals surface area (Å²) in [5.41, 5.74) is 6.32. The lowest BCUT2D eigenvalue weighted by molar-refractivity contribution is -0.113. The van der Waals surface area contributed by atoms with Gasteiger partial charge in [-0.2, -0.15) is 0 Å². The molecule has 43 heavy (non-hydrogen) atoms. The first-order chi connectivity index (χ1) is 20.7. The maximum Gasteiger partial charge on any atom is 0.271 e. The molecule has 3 heterocycles. The lowest BCUT2D eigenvalue weighted by atomic mass is 9.95. The second-order valence-electron chi connectivity index (χ2n) is 10.3. The van der Waals surface area contributed by atoms with E-state index in [1.54, 1.807) is 11.7 Å². The quantitative estimate of drug-likeness (QED) is 0.243. The van der Waals surface area contributed by atoms with Gasteiger partial charge < -0.3 is 14.6 Å². The molecule has 0 fully saturated rings. The van der Waals surface area contributed by atoms with Crippen LogP contribution in [0.2, 0.25) is 0 Å². The van der Waals surface area contributed by atoms with Crippen molar-refractivity contribution in [3.63, 3.8) is 0 Å². The molecular weight excluding hydrogens is 624 g/mol. The lowest BCUT2D eigenvalue weighted by Gasteiger charge is -2.25. The van der Waals surface area contributed by atoms with E-state index in [9.17, 15) is 9.59 Å². The summed E-state index contributed by atoms with van der Waals surface area (Å²) in [6.07, 6.45) is 1.93. The van der Waals surface area contributed by atoms with Crippen LogP contribution in [0.3, 0.4) is 0 Å². The van der Waals surface area contributed by atoms with Crippen molar-refractivity contribution in [2.45, 2.75) is 26.8 Å². The van der Waals surface area contributed by atoms with Crippen LogP contribution in [0.15, 0.2) is 110 Å². The van der Waals surface area contributed by atoms with Crippen molar-refractivity contribution in [1.29, 1.82) is 0 Å². The molecule has 3 aromatic carbocycles. The molecule has 2 aromatic heterocycles. The Kier molecular flexibility index (Phi) is 7.77. The number of fused-ring (bicyclic) bond motifs is 1. The largest absolute Gasteiger partial charge is 0.497 e. The standard InChI is InChI=1S/C34H29BrN4O3S/c1-20-18-24(22(3)38(20)27-14-12-25(35)13-15-27)19-29-33(41)39-31(23-10-16-28(42-4)17-11-23)30(21(2)36-34(39)43-29)32(40)37-26-8-6-5-7-9-26/h5-19,31H,1-4H3,(H,37,40)/b29-19+/t31-/m1/s1. The molecule has 0 saturated heterocycles. The van der Waals surface area contributed by atoms with E-state index in [2.05, 4.69) is 50.9 Å². The van der Waals surface area contributed by atoms with Crippen LogP contribution in [0, 0.1) is 13.8 Å². The number of ether oxygens (including phenoxy) is 1. The van der Waals surface area contributed by atoms with E-state index >= 15 is 0 Å². The fourth-order valence-corrected chi connectivity index (χ4v) is 6.80. The number of methoxy groups -OCH3 is 1. The van der Waals surface area contributed by atoms with Crippen molar-refractivity contribution in [2.24, 2.45) is 4.99 Å². The van der Waals surface area contributed by atoms with Crippen LogP contribution in [0.4, 0.5) is 5.69 Å². The van der Waals surface area contributed by atoms with Gasteiger partial charge in [0.25, 0.3) is 11.5 Å². The van der Waals surface area contributed by atoms with Crippen LogP contribution in [-0.2, 0) is 4.79 Å². The Morgan fingerprint density at radius 2 is 1.70 bits per heavy atom. The van der Waals surface area contributed by atoms with Crippen LogP contribution in [-0.4, -0.2) is 22.2 Å². The number of allylic oxidation sites excluding steroid dienone is 1. The van der Waals surface area contributed by atoms with Gasteiger partial charge in [0.05, 0.1) is 29.0 Å². The molecule has 1 atom stereocenters. The van der Waals surface area contributed by atoms with E-state index < -0.39 is 6.04 Å². The number of hydrogen-bond donors (Lipinski definition) is 1. The summed E-state index contributed by atoms with van der Waals surface area (Å²) in [4.78, 5) is 33.2. The van der Waals surface area contributed by atoms with Gasteiger partial charge in [0.2, 0.25) is 0 Å². The zero-order valence-corrected chi connectivity index (χ0v) is 26.5. The third kappa shape index (κ3) is 5.42. The van der Waals surface area contributed by atoms with Gasteiger partial charge >= 0.3 is 0 Å². The molecule has 0 radical (unpaired) electrons. The molecule has 1 N–H and O–H groups in total. The number of carbonyl (C=O) groups excluding carboxylic acids is 1. The second-order valence-corrected chi connectivity index (χ2v) is 12.2. The molecule has 1 aliphatic heterocycles. The van der Waals surface area contributed by atoms with E-state index in [1.807, 2.05) is 86.7 Å². The van der Waals surface area contributed by atoms with E-state index in [4.69, 9.17) is 9.73 Å². The van der Waals surface area contributed by atoms with Crippen LogP contribution in [0.5, 0.6) is 5.75 Å². The zero-order valence-electron chi connectivity index (χ0n) is 24.1. The fraction of sp³-hybridized carbons (Fsp3) is 0.147. The van der Waals surface area contributed by atoms with Crippen LogP contribution in [0.1, 0.15) is 35.5 Å². The minimum absolute atomic E-state index is 0.199. The topological polar surface area (TPSA) is 77.6 Å². The number of carbonyl (C=O) groups is 1. The average molecular weight is 654 g/mol. The molecular formula is C34H29BrN4O3S. The van der Waals surface area contributed by atoms with Crippen LogP contribution < -0.4 is 24.9 Å². The summed E-state index contributed by atoms with van der Waals surface area (Å²) >= 11 is 4.84. The first-order valence-electron chi connectivity index (χ1n) is 13.7. The summed E-state index contributed by atoms with van der Waals surface area (Å²) in [6, 6.07) is 26.3. The molecule has 5 aromatic rings.